The summed E-state index contributed by atoms with van der Waals surface area (Å²) in [5.74, 6) is 3.61. The molecule has 2 heterocycles. The van der Waals surface area contributed by atoms with E-state index in [0.717, 1.165) is 11.1 Å². The van der Waals surface area contributed by atoms with Crippen molar-refractivity contribution in [1.82, 2.24) is 19.2 Å². The Morgan fingerprint density at radius 2 is 1.92 bits per heavy atom. The maximum absolute atomic E-state index is 13.6. The normalized spacial score (nSPS) is 19.6. The van der Waals surface area contributed by atoms with Crippen LogP contribution in [-0.4, -0.2) is 25.8 Å². The number of hydrogen-bond donors (Lipinski definition) is 0. The first-order valence-electron chi connectivity index (χ1n) is 7.75. The number of terminal acetylenes is 1. The summed E-state index contributed by atoms with van der Waals surface area (Å²) in [6.07, 6.45) is 6.89. The Morgan fingerprint density at radius 1 is 1.16 bits per heavy atom. The van der Waals surface area contributed by atoms with E-state index in [2.05, 4.69) is 16.0 Å². The highest BCUT2D eigenvalue weighted by atomic mass is 31.2. The molecule has 0 saturated heterocycles. The number of hydrogen-bond acceptors (Lipinski definition) is 4. The molecule has 7 heteroatoms. The van der Waals surface area contributed by atoms with Crippen LogP contribution < -0.4 is 4.52 Å². The quantitative estimate of drug-likeness (QED) is 0.535. The average molecular weight is 350 g/mol. The SMILES string of the molecule is C#CCN1Cc2ccccc2OP1(=O)n1cnc(-c2ccccc2)n1. The molecule has 25 heavy (non-hydrogen) atoms. The Kier molecular flexibility index (Phi) is 3.89. The van der Waals surface area contributed by atoms with Gasteiger partial charge in [0.2, 0.25) is 0 Å². The van der Waals surface area contributed by atoms with E-state index in [1.54, 1.807) is 10.7 Å². The fraction of sp³-hybridized carbons (Fsp3) is 0.111. The predicted molar refractivity (Wildman–Crippen MR) is 94.8 cm³/mol. The van der Waals surface area contributed by atoms with E-state index in [0.29, 0.717) is 18.1 Å². The molecule has 0 bridgehead atoms. The van der Waals surface area contributed by atoms with Gasteiger partial charge in [-0.15, -0.1) is 11.5 Å². The van der Waals surface area contributed by atoms with Gasteiger partial charge in [0.15, 0.2) is 5.82 Å². The lowest BCUT2D eigenvalue weighted by Crippen LogP contribution is -2.30. The number of fused-ring (bicyclic) bond motifs is 1. The standard InChI is InChI=1S/C18H15N4O2P/c1-2-12-21-13-16-10-6-7-11-17(16)24-25(21,23)22-14-19-18(20-22)15-8-4-3-5-9-15/h1,3-11,14H,12-13H2. The maximum atomic E-state index is 13.6. The van der Waals surface area contributed by atoms with Gasteiger partial charge in [-0.1, -0.05) is 54.5 Å². The molecule has 1 aliphatic rings. The van der Waals surface area contributed by atoms with Crippen molar-refractivity contribution >= 4 is 7.67 Å². The topological polar surface area (TPSA) is 60.2 Å². The summed E-state index contributed by atoms with van der Waals surface area (Å²) in [6, 6.07) is 17.0. The Bertz CT molecular complexity index is 994. The van der Waals surface area contributed by atoms with Crippen LogP contribution in [0.4, 0.5) is 0 Å². The van der Waals surface area contributed by atoms with Crippen molar-refractivity contribution in [2.75, 3.05) is 6.54 Å². The first-order chi connectivity index (χ1) is 12.2. The molecular weight excluding hydrogens is 335 g/mol. The van der Waals surface area contributed by atoms with Crippen molar-refractivity contribution in [3.63, 3.8) is 0 Å². The van der Waals surface area contributed by atoms with Crippen LogP contribution in [0.1, 0.15) is 5.56 Å². The van der Waals surface area contributed by atoms with E-state index in [1.165, 1.54) is 10.8 Å². The Morgan fingerprint density at radius 3 is 2.72 bits per heavy atom. The average Bonchev–Trinajstić information content (AvgIpc) is 3.14. The highest BCUT2D eigenvalue weighted by molar-refractivity contribution is 7.55. The number of benzene rings is 2. The Labute approximate surface area is 145 Å². The van der Waals surface area contributed by atoms with Gasteiger partial charge in [0.1, 0.15) is 12.1 Å². The molecule has 0 aliphatic carbocycles. The second kappa shape index (κ2) is 6.21. The number of aromatic nitrogens is 3. The summed E-state index contributed by atoms with van der Waals surface area (Å²) >= 11 is 0. The molecule has 2 aromatic carbocycles. The smallest absolute Gasteiger partial charge is 0.416 e. The molecule has 0 saturated carbocycles. The molecule has 1 unspecified atom stereocenters. The van der Waals surface area contributed by atoms with Crippen LogP contribution in [0.5, 0.6) is 5.75 Å². The van der Waals surface area contributed by atoms with E-state index in [9.17, 15) is 4.57 Å². The summed E-state index contributed by atoms with van der Waals surface area (Å²) in [6.45, 7) is 0.615. The van der Waals surface area contributed by atoms with Crippen LogP contribution in [0.25, 0.3) is 11.4 Å². The van der Waals surface area contributed by atoms with Gasteiger partial charge < -0.3 is 4.52 Å². The molecule has 1 aromatic heterocycles. The van der Waals surface area contributed by atoms with Gasteiger partial charge in [0, 0.05) is 17.7 Å². The second-order valence-corrected chi connectivity index (χ2v) is 7.71. The predicted octanol–water partition coefficient (Wildman–Crippen LogP) is 3.43. The number of para-hydroxylation sites is 1. The van der Waals surface area contributed by atoms with Crippen LogP contribution >= 0.6 is 7.67 Å². The van der Waals surface area contributed by atoms with Crippen molar-refractivity contribution in [1.29, 1.82) is 0 Å². The molecule has 0 spiro atoms. The van der Waals surface area contributed by atoms with Gasteiger partial charge in [-0.05, 0) is 6.07 Å². The minimum atomic E-state index is -3.49. The van der Waals surface area contributed by atoms with Gasteiger partial charge in [-0.3, -0.25) is 0 Å². The minimum Gasteiger partial charge on any atom is -0.416 e. The molecule has 0 fully saturated rings. The molecule has 0 radical (unpaired) electrons. The fourth-order valence-electron chi connectivity index (χ4n) is 2.71. The zero-order valence-electron chi connectivity index (χ0n) is 13.3. The van der Waals surface area contributed by atoms with E-state index < -0.39 is 7.67 Å². The third-order valence-electron chi connectivity index (χ3n) is 3.95. The zero-order valence-corrected chi connectivity index (χ0v) is 14.2. The van der Waals surface area contributed by atoms with Crippen LogP contribution in [0.15, 0.2) is 60.9 Å². The van der Waals surface area contributed by atoms with Crippen LogP contribution in [-0.2, 0) is 11.1 Å². The minimum absolute atomic E-state index is 0.187. The summed E-state index contributed by atoms with van der Waals surface area (Å²) in [5, 5.41) is 4.39. The molecular formula is C18H15N4O2P. The van der Waals surface area contributed by atoms with E-state index in [-0.39, 0.29) is 6.54 Å². The first-order valence-corrected chi connectivity index (χ1v) is 9.28. The Balaban J connectivity index is 1.76. The van der Waals surface area contributed by atoms with Crippen molar-refractivity contribution < 1.29 is 9.09 Å². The van der Waals surface area contributed by atoms with E-state index in [1.807, 2.05) is 48.5 Å². The fourth-order valence-corrected chi connectivity index (χ4v) is 4.58. The number of rotatable bonds is 3. The van der Waals surface area contributed by atoms with E-state index in [4.69, 9.17) is 10.9 Å². The van der Waals surface area contributed by atoms with Crippen LogP contribution in [0, 0.1) is 12.3 Å². The summed E-state index contributed by atoms with van der Waals surface area (Å²) in [5.41, 5.74) is 1.78. The number of nitrogens with zero attached hydrogens (tertiary/aromatic N) is 4. The van der Waals surface area contributed by atoms with Gasteiger partial charge in [0.25, 0.3) is 0 Å². The van der Waals surface area contributed by atoms with Crippen molar-refractivity contribution in [2.24, 2.45) is 0 Å². The van der Waals surface area contributed by atoms with Crippen LogP contribution in [0.3, 0.4) is 0 Å². The van der Waals surface area contributed by atoms with Crippen molar-refractivity contribution in [3.8, 4) is 29.5 Å². The van der Waals surface area contributed by atoms with Crippen molar-refractivity contribution in [2.45, 2.75) is 6.54 Å². The molecule has 0 amide bonds. The van der Waals surface area contributed by atoms with Gasteiger partial charge >= 0.3 is 7.67 Å². The zero-order chi connectivity index (χ0) is 17.3. The van der Waals surface area contributed by atoms with Gasteiger partial charge in [-0.25, -0.2) is 9.55 Å². The highest BCUT2D eigenvalue weighted by Gasteiger charge is 2.41. The lowest BCUT2D eigenvalue weighted by atomic mass is 10.2. The third-order valence-corrected chi connectivity index (χ3v) is 6.09. The lowest BCUT2D eigenvalue weighted by Gasteiger charge is -2.34. The first kappa shape index (κ1) is 15.6. The molecule has 6 nitrogen and oxygen atoms in total. The Hall–Kier alpha value is -2.87. The summed E-state index contributed by atoms with van der Waals surface area (Å²) in [4.78, 5) is 4.28. The molecule has 1 atom stereocenters. The third kappa shape index (κ3) is 2.74. The lowest BCUT2D eigenvalue weighted by molar-refractivity contribution is 0.328. The molecule has 0 N–H and O–H groups in total. The van der Waals surface area contributed by atoms with Crippen molar-refractivity contribution in [3.05, 3.63) is 66.5 Å². The summed E-state index contributed by atoms with van der Waals surface area (Å²) in [7, 11) is -3.49. The second-order valence-electron chi connectivity index (χ2n) is 5.57. The summed E-state index contributed by atoms with van der Waals surface area (Å²) < 4.78 is 22.4. The molecule has 124 valence electrons. The molecule has 1 aliphatic heterocycles. The largest absolute Gasteiger partial charge is 0.444 e. The monoisotopic (exact) mass is 350 g/mol. The van der Waals surface area contributed by atoms with Gasteiger partial charge in [0.05, 0.1) is 6.54 Å². The molecule has 4 rings (SSSR count). The maximum Gasteiger partial charge on any atom is 0.444 e. The van der Waals surface area contributed by atoms with E-state index >= 15 is 0 Å². The van der Waals surface area contributed by atoms with Gasteiger partial charge in [-0.2, -0.15) is 9.12 Å². The van der Waals surface area contributed by atoms with Crippen LogP contribution in [0.2, 0.25) is 0 Å². The molecule has 3 aromatic rings. The highest BCUT2D eigenvalue weighted by Crippen LogP contribution is 2.56.